The molecule has 27 heavy (non-hydrogen) atoms. The van der Waals surface area contributed by atoms with Crippen molar-refractivity contribution in [3.63, 3.8) is 0 Å². The Bertz CT molecular complexity index is 843. The number of anilines is 1. The number of nitrogens with one attached hydrogen (secondary N) is 1. The Labute approximate surface area is 161 Å². The summed E-state index contributed by atoms with van der Waals surface area (Å²) in [5, 5.41) is 2.80. The Balaban J connectivity index is 2.00. The van der Waals surface area contributed by atoms with Gasteiger partial charge in [0.25, 0.3) is 5.91 Å². The zero-order valence-electron chi connectivity index (χ0n) is 16.2. The topological polar surface area (TPSA) is 70.4 Å². The first-order valence-electron chi connectivity index (χ1n) is 9.28. The van der Waals surface area contributed by atoms with E-state index in [1.165, 1.54) is 22.0 Å². The van der Waals surface area contributed by atoms with Crippen LogP contribution in [0.25, 0.3) is 0 Å². The summed E-state index contributed by atoms with van der Waals surface area (Å²) in [7, 11) is -3.49. The number of carbonyl (C=O) groups excluding carboxylic acids is 1. The molecule has 2 rings (SSSR count). The Morgan fingerprint density at radius 2 is 1.59 bits per heavy atom. The Hall–Kier alpha value is -2.25. The van der Waals surface area contributed by atoms with Crippen molar-refractivity contribution < 1.29 is 17.8 Å². The van der Waals surface area contributed by atoms with Gasteiger partial charge in [0.1, 0.15) is 0 Å². The van der Waals surface area contributed by atoms with Crippen LogP contribution in [0.2, 0.25) is 0 Å². The molecule has 0 saturated carbocycles. The van der Waals surface area contributed by atoms with Crippen molar-refractivity contribution in [2.75, 3.05) is 18.4 Å². The Morgan fingerprint density at radius 1 is 1.00 bits per heavy atom. The monoisotopic (exact) mass is 390 g/mol. The molecule has 0 spiro atoms. The standard InChI is InChI=1S/C20H27N3O3S/c1-4-7-17-12-14-22(15-13-17)16-20(24)21-18-8-10-19(11-9-18)27(25,26)23(5-2)6-3/h8-15H,4-7,16H2,1-3H3/p+1. The molecule has 1 amide bonds. The van der Waals surface area contributed by atoms with Gasteiger partial charge in [0, 0.05) is 30.9 Å². The predicted molar refractivity (Wildman–Crippen MR) is 106 cm³/mol. The average molecular weight is 391 g/mol. The summed E-state index contributed by atoms with van der Waals surface area (Å²) in [4.78, 5) is 12.4. The third-order valence-corrected chi connectivity index (χ3v) is 6.37. The summed E-state index contributed by atoms with van der Waals surface area (Å²) in [5.74, 6) is -0.164. The summed E-state index contributed by atoms with van der Waals surface area (Å²) in [6, 6.07) is 10.3. The van der Waals surface area contributed by atoms with E-state index in [-0.39, 0.29) is 17.3 Å². The molecular weight excluding hydrogens is 362 g/mol. The molecule has 2 aromatic rings. The van der Waals surface area contributed by atoms with Gasteiger partial charge in [-0.2, -0.15) is 8.87 Å². The van der Waals surface area contributed by atoms with E-state index in [1.54, 1.807) is 12.1 Å². The predicted octanol–water partition coefficient (Wildman–Crippen LogP) is 2.60. The molecule has 0 aliphatic rings. The highest BCUT2D eigenvalue weighted by atomic mass is 32.2. The van der Waals surface area contributed by atoms with Crippen LogP contribution in [0.3, 0.4) is 0 Å². The molecule has 0 radical (unpaired) electrons. The van der Waals surface area contributed by atoms with Gasteiger partial charge < -0.3 is 5.32 Å². The third-order valence-electron chi connectivity index (χ3n) is 4.31. The molecule has 1 aromatic carbocycles. The van der Waals surface area contributed by atoms with Crippen LogP contribution >= 0.6 is 0 Å². The van der Waals surface area contributed by atoms with Gasteiger partial charge in [0.15, 0.2) is 12.4 Å². The van der Waals surface area contributed by atoms with E-state index in [2.05, 4.69) is 12.2 Å². The quantitative estimate of drug-likeness (QED) is 0.669. The molecular formula is C20H28N3O3S+. The van der Waals surface area contributed by atoms with Crippen LogP contribution < -0.4 is 9.88 Å². The van der Waals surface area contributed by atoms with Crippen molar-refractivity contribution in [2.24, 2.45) is 0 Å². The molecule has 0 aliphatic heterocycles. The minimum Gasteiger partial charge on any atom is -0.321 e. The number of nitrogens with zero attached hydrogens (tertiary/aromatic N) is 2. The average Bonchev–Trinajstić information content (AvgIpc) is 2.65. The van der Waals surface area contributed by atoms with Crippen molar-refractivity contribution in [2.45, 2.75) is 45.1 Å². The molecule has 1 aromatic heterocycles. The van der Waals surface area contributed by atoms with E-state index < -0.39 is 10.0 Å². The first kappa shape index (κ1) is 21.1. The van der Waals surface area contributed by atoms with Gasteiger partial charge in [-0.3, -0.25) is 4.79 Å². The summed E-state index contributed by atoms with van der Waals surface area (Å²) in [6.45, 7) is 6.79. The smallest absolute Gasteiger partial charge is 0.290 e. The number of pyridine rings is 1. The summed E-state index contributed by atoms with van der Waals surface area (Å²) in [6.07, 6.45) is 5.90. The molecule has 0 fully saturated rings. The molecule has 7 heteroatoms. The second-order valence-corrected chi connectivity index (χ2v) is 8.23. The van der Waals surface area contributed by atoms with Crippen molar-refractivity contribution in [1.82, 2.24) is 4.31 Å². The van der Waals surface area contributed by atoms with Crippen LogP contribution in [0.15, 0.2) is 53.7 Å². The number of hydrogen-bond donors (Lipinski definition) is 1. The second-order valence-electron chi connectivity index (χ2n) is 6.29. The summed E-state index contributed by atoms with van der Waals surface area (Å²) >= 11 is 0. The van der Waals surface area contributed by atoms with Crippen molar-refractivity contribution in [3.8, 4) is 0 Å². The molecule has 1 N–H and O–H groups in total. The van der Waals surface area contributed by atoms with Gasteiger partial charge >= 0.3 is 0 Å². The maximum absolute atomic E-state index is 12.5. The maximum atomic E-state index is 12.5. The van der Waals surface area contributed by atoms with Crippen LogP contribution in [0.5, 0.6) is 0 Å². The Kier molecular flexibility index (Phi) is 7.50. The van der Waals surface area contributed by atoms with Crippen LogP contribution in [0.4, 0.5) is 5.69 Å². The second kappa shape index (κ2) is 9.62. The van der Waals surface area contributed by atoms with E-state index in [1.807, 2.05) is 42.9 Å². The number of sulfonamides is 1. The van der Waals surface area contributed by atoms with Crippen molar-refractivity contribution in [1.29, 1.82) is 0 Å². The molecule has 0 bridgehead atoms. The van der Waals surface area contributed by atoms with E-state index in [4.69, 9.17) is 0 Å². The van der Waals surface area contributed by atoms with Crippen LogP contribution in [0.1, 0.15) is 32.8 Å². The van der Waals surface area contributed by atoms with Crippen LogP contribution in [-0.4, -0.2) is 31.7 Å². The number of amides is 1. The number of benzene rings is 1. The van der Waals surface area contributed by atoms with Gasteiger partial charge in [-0.25, -0.2) is 8.42 Å². The normalized spacial score (nSPS) is 11.6. The van der Waals surface area contributed by atoms with E-state index in [9.17, 15) is 13.2 Å². The summed E-state index contributed by atoms with van der Waals surface area (Å²) in [5.41, 5.74) is 1.82. The highest BCUT2D eigenvalue weighted by molar-refractivity contribution is 7.89. The number of hydrogen-bond acceptors (Lipinski definition) is 3. The van der Waals surface area contributed by atoms with Gasteiger partial charge in [-0.05, 0) is 36.2 Å². The molecule has 0 saturated heterocycles. The lowest BCUT2D eigenvalue weighted by molar-refractivity contribution is -0.684. The largest absolute Gasteiger partial charge is 0.321 e. The van der Waals surface area contributed by atoms with E-state index in [0.29, 0.717) is 18.8 Å². The molecule has 1 heterocycles. The minimum absolute atomic E-state index is 0.164. The van der Waals surface area contributed by atoms with Crippen LogP contribution in [-0.2, 0) is 27.8 Å². The molecule has 0 unspecified atom stereocenters. The zero-order chi connectivity index (χ0) is 19.9. The minimum atomic E-state index is -3.49. The zero-order valence-corrected chi connectivity index (χ0v) is 17.0. The number of carbonyl (C=O) groups is 1. The molecule has 0 atom stereocenters. The lowest BCUT2D eigenvalue weighted by Crippen LogP contribution is -2.39. The number of rotatable bonds is 9. The van der Waals surface area contributed by atoms with E-state index in [0.717, 1.165) is 12.8 Å². The molecule has 6 nitrogen and oxygen atoms in total. The number of aromatic nitrogens is 1. The SMILES string of the molecule is CCCc1cc[n+](CC(=O)Nc2ccc(S(=O)(=O)N(CC)CC)cc2)cc1. The lowest BCUT2D eigenvalue weighted by Gasteiger charge is -2.18. The van der Waals surface area contributed by atoms with Crippen LogP contribution in [0, 0.1) is 0 Å². The summed E-state index contributed by atoms with van der Waals surface area (Å²) < 4.78 is 28.2. The fraction of sp³-hybridized carbons (Fsp3) is 0.400. The highest BCUT2D eigenvalue weighted by Gasteiger charge is 2.21. The van der Waals surface area contributed by atoms with Gasteiger partial charge in [-0.1, -0.05) is 27.2 Å². The van der Waals surface area contributed by atoms with E-state index >= 15 is 0 Å². The fourth-order valence-electron chi connectivity index (χ4n) is 2.84. The third kappa shape index (κ3) is 5.61. The fourth-order valence-corrected chi connectivity index (χ4v) is 4.30. The maximum Gasteiger partial charge on any atom is 0.290 e. The lowest BCUT2D eigenvalue weighted by atomic mass is 10.2. The van der Waals surface area contributed by atoms with Gasteiger partial charge in [-0.15, -0.1) is 0 Å². The molecule has 146 valence electrons. The van der Waals surface area contributed by atoms with Crippen molar-refractivity contribution in [3.05, 3.63) is 54.4 Å². The first-order valence-corrected chi connectivity index (χ1v) is 10.7. The number of aryl methyl sites for hydroxylation is 1. The Morgan fingerprint density at radius 3 is 2.11 bits per heavy atom. The van der Waals surface area contributed by atoms with Crippen molar-refractivity contribution >= 4 is 21.6 Å². The molecule has 0 aliphatic carbocycles. The first-order chi connectivity index (χ1) is 12.9. The van der Waals surface area contributed by atoms with Gasteiger partial charge in [0.2, 0.25) is 16.6 Å². The highest BCUT2D eigenvalue weighted by Crippen LogP contribution is 2.18. The van der Waals surface area contributed by atoms with Gasteiger partial charge in [0.05, 0.1) is 4.90 Å².